The van der Waals surface area contributed by atoms with E-state index in [1.54, 1.807) is 13.1 Å². The number of carbonyl (C=O) groups excluding carboxylic acids is 1. The molecule has 0 saturated heterocycles. The molecule has 0 spiro atoms. The zero-order chi connectivity index (χ0) is 14.4. The molecule has 0 aromatic carbocycles. The van der Waals surface area contributed by atoms with Gasteiger partial charge in [0.2, 0.25) is 0 Å². The smallest absolute Gasteiger partial charge is 0.252 e. The van der Waals surface area contributed by atoms with Crippen LogP contribution >= 0.6 is 11.6 Å². The molecule has 6 heteroatoms. The highest BCUT2D eigenvalue weighted by molar-refractivity contribution is 6.33. The molecule has 0 atom stereocenters. The Labute approximate surface area is 124 Å². The molecule has 1 saturated carbocycles. The van der Waals surface area contributed by atoms with Gasteiger partial charge in [-0.05, 0) is 31.2 Å². The van der Waals surface area contributed by atoms with Gasteiger partial charge in [0, 0.05) is 33.0 Å². The highest BCUT2D eigenvalue weighted by atomic mass is 35.5. The number of hydrogen-bond donors (Lipinski definition) is 2. The van der Waals surface area contributed by atoms with Crippen LogP contribution in [0.25, 0.3) is 0 Å². The number of anilines is 1. The van der Waals surface area contributed by atoms with Crippen molar-refractivity contribution in [1.82, 2.24) is 10.3 Å². The molecule has 110 valence electrons. The minimum Gasteiger partial charge on any atom is -0.381 e. The molecule has 1 amide bonds. The van der Waals surface area contributed by atoms with Crippen LogP contribution in [0.5, 0.6) is 0 Å². The molecule has 5 nitrogen and oxygen atoms in total. The molecule has 0 unspecified atom stereocenters. The number of aromatic nitrogens is 1. The average molecular weight is 298 g/mol. The van der Waals surface area contributed by atoms with Gasteiger partial charge in [-0.2, -0.15) is 0 Å². The fraction of sp³-hybridized carbons (Fsp3) is 0.571. The lowest BCUT2D eigenvalue weighted by atomic mass is 10.2. The zero-order valence-corrected chi connectivity index (χ0v) is 12.4. The van der Waals surface area contributed by atoms with Gasteiger partial charge < -0.3 is 15.4 Å². The fourth-order valence-corrected chi connectivity index (χ4v) is 1.94. The summed E-state index contributed by atoms with van der Waals surface area (Å²) in [4.78, 5) is 16.0. The summed E-state index contributed by atoms with van der Waals surface area (Å²) >= 11 is 5.98. The van der Waals surface area contributed by atoms with Gasteiger partial charge in [-0.15, -0.1) is 0 Å². The lowest BCUT2D eigenvalue weighted by molar-refractivity contribution is 0.0937. The molecular weight excluding hydrogens is 278 g/mol. The Morgan fingerprint density at radius 1 is 1.55 bits per heavy atom. The lowest BCUT2D eigenvalue weighted by Crippen LogP contribution is -2.25. The van der Waals surface area contributed by atoms with Gasteiger partial charge in [0.25, 0.3) is 5.91 Å². The molecule has 1 heterocycles. The second-order valence-corrected chi connectivity index (χ2v) is 5.33. The Kier molecular flexibility index (Phi) is 5.61. The third-order valence-corrected chi connectivity index (χ3v) is 3.46. The van der Waals surface area contributed by atoms with E-state index in [4.69, 9.17) is 16.3 Å². The molecule has 2 N–H and O–H groups in total. The van der Waals surface area contributed by atoms with Crippen molar-refractivity contribution in [2.45, 2.75) is 19.3 Å². The minimum atomic E-state index is -0.184. The van der Waals surface area contributed by atoms with E-state index in [2.05, 4.69) is 15.6 Å². The van der Waals surface area contributed by atoms with E-state index in [0.717, 1.165) is 18.9 Å². The topological polar surface area (TPSA) is 63.2 Å². The van der Waals surface area contributed by atoms with Crippen molar-refractivity contribution in [2.75, 3.05) is 32.1 Å². The first-order valence-corrected chi connectivity index (χ1v) is 7.27. The Bertz CT molecular complexity index is 464. The van der Waals surface area contributed by atoms with Crippen molar-refractivity contribution in [2.24, 2.45) is 5.92 Å². The highest BCUT2D eigenvalue weighted by Crippen LogP contribution is 2.28. The molecule has 2 rings (SSSR count). The van der Waals surface area contributed by atoms with Crippen LogP contribution in [0.1, 0.15) is 29.6 Å². The normalized spacial score (nSPS) is 14.1. The van der Waals surface area contributed by atoms with Gasteiger partial charge >= 0.3 is 0 Å². The molecule has 0 radical (unpaired) electrons. The van der Waals surface area contributed by atoms with Crippen LogP contribution in [-0.2, 0) is 4.74 Å². The number of halogens is 1. The number of nitrogens with zero attached hydrogens (tertiary/aromatic N) is 1. The summed E-state index contributed by atoms with van der Waals surface area (Å²) in [5.41, 5.74) is 0.435. The molecule has 0 bridgehead atoms. The van der Waals surface area contributed by atoms with Gasteiger partial charge in [0.15, 0.2) is 0 Å². The number of carbonyl (C=O) groups is 1. The molecular formula is C14H20ClN3O2. The quantitative estimate of drug-likeness (QED) is 0.723. The number of pyridine rings is 1. The maximum Gasteiger partial charge on any atom is 0.252 e. The van der Waals surface area contributed by atoms with Crippen LogP contribution in [0.2, 0.25) is 5.02 Å². The minimum absolute atomic E-state index is 0.184. The van der Waals surface area contributed by atoms with Crippen LogP contribution < -0.4 is 10.6 Å². The molecule has 1 fully saturated rings. The first-order valence-electron chi connectivity index (χ1n) is 6.90. The molecule has 1 aromatic heterocycles. The van der Waals surface area contributed by atoms with Crippen LogP contribution in [0.4, 0.5) is 5.82 Å². The van der Waals surface area contributed by atoms with Crippen LogP contribution in [-0.4, -0.2) is 37.7 Å². The van der Waals surface area contributed by atoms with Gasteiger partial charge in [-0.25, -0.2) is 4.98 Å². The first kappa shape index (κ1) is 15.1. The van der Waals surface area contributed by atoms with E-state index in [-0.39, 0.29) is 5.91 Å². The van der Waals surface area contributed by atoms with Crippen LogP contribution in [0.3, 0.4) is 0 Å². The Balaban J connectivity index is 1.70. The SMILES string of the molecule is CNc1cc(C(=O)NCCCOCC2CC2)c(Cl)cn1. The molecule has 20 heavy (non-hydrogen) atoms. The van der Waals surface area contributed by atoms with Crippen molar-refractivity contribution in [3.05, 3.63) is 22.8 Å². The van der Waals surface area contributed by atoms with Crippen molar-refractivity contribution >= 4 is 23.3 Å². The van der Waals surface area contributed by atoms with Crippen LogP contribution in [0, 0.1) is 5.92 Å². The highest BCUT2D eigenvalue weighted by Gasteiger charge is 2.20. The maximum absolute atomic E-state index is 12.0. The van der Waals surface area contributed by atoms with Crippen molar-refractivity contribution in [3.63, 3.8) is 0 Å². The summed E-state index contributed by atoms with van der Waals surface area (Å²) < 4.78 is 5.51. The van der Waals surface area contributed by atoms with Crippen molar-refractivity contribution in [3.8, 4) is 0 Å². The van der Waals surface area contributed by atoms with E-state index < -0.39 is 0 Å². The molecule has 1 aliphatic carbocycles. The standard InChI is InChI=1S/C14H20ClN3O2/c1-16-13-7-11(12(15)8-18-13)14(19)17-5-2-6-20-9-10-3-4-10/h7-8,10H,2-6,9H2,1H3,(H,16,18)(H,17,19). The Morgan fingerprint density at radius 3 is 3.05 bits per heavy atom. The number of amides is 1. The number of ether oxygens (including phenoxy) is 1. The van der Waals surface area contributed by atoms with Gasteiger partial charge in [0.1, 0.15) is 5.82 Å². The summed E-state index contributed by atoms with van der Waals surface area (Å²) in [6.45, 7) is 2.12. The summed E-state index contributed by atoms with van der Waals surface area (Å²) in [6.07, 6.45) is 4.87. The summed E-state index contributed by atoms with van der Waals surface area (Å²) in [5.74, 6) is 1.21. The van der Waals surface area contributed by atoms with E-state index in [1.807, 2.05) is 0 Å². The first-order chi connectivity index (χ1) is 9.70. The average Bonchev–Trinajstić information content (AvgIpc) is 3.27. The predicted octanol–water partition coefficient (Wildman–Crippen LogP) is 2.32. The van der Waals surface area contributed by atoms with Crippen LogP contribution in [0.15, 0.2) is 12.3 Å². The van der Waals surface area contributed by atoms with Gasteiger partial charge in [-0.3, -0.25) is 4.79 Å². The third kappa shape index (κ3) is 4.65. The second-order valence-electron chi connectivity index (χ2n) is 4.93. The van der Waals surface area contributed by atoms with E-state index in [1.165, 1.54) is 19.0 Å². The van der Waals surface area contributed by atoms with E-state index in [0.29, 0.717) is 29.6 Å². The lowest BCUT2D eigenvalue weighted by Gasteiger charge is -2.08. The molecule has 0 aliphatic heterocycles. The number of rotatable bonds is 8. The van der Waals surface area contributed by atoms with Gasteiger partial charge in [0.05, 0.1) is 10.6 Å². The van der Waals surface area contributed by atoms with E-state index in [9.17, 15) is 4.79 Å². The predicted molar refractivity (Wildman–Crippen MR) is 79.3 cm³/mol. The summed E-state index contributed by atoms with van der Waals surface area (Å²) in [7, 11) is 1.75. The van der Waals surface area contributed by atoms with E-state index >= 15 is 0 Å². The monoisotopic (exact) mass is 297 g/mol. The molecule has 1 aromatic rings. The summed E-state index contributed by atoms with van der Waals surface area (Å²) in [6, 6.07) is 1.64. The Hall–Kier alpha value is -1.33. The zero-order valence-electron chi connectivity index (χ0n) is 11.6. The Morgan fingerprint density at radius 2 is 2.35 bits per heavy atom. The van der Waals surface area contributed by atoms with Crippen molar-refractivity contribution in [1.29, 1.82) is 0 Å². The largest absolute Gasteiger partial charge is 0.381 e. The van der Waals surface area contributed by atoms with Gasteiger partial charge in [-0.1, -0.05) is 11.6 Å². The number of hydrogen-bond acceptors (Lipinski definition) is 4. The van der Waals surface area contributed by atoms with Crippen molar-refractivity contribution < 1.29 is 9.53 Å². The molecule has 1 aliphatic rings. The third-order valence-electron chi connectivity index (χ3n) is 3.16. The maximum atomic E-state index is 12.0. The summed E-state index contributed by atoms with van der Waals surface area (Å²) in [5, 5.41) is 6.07. The second kappa shape index (κ2) is 7.45. The fourth-order valence-electron chi connectivity index (χ4n) is 1.76. The number of nitrogens with one attached hydrogen (secondary N) is 2.